The quantitative estimate of drug-likeness (QED) is 0.684. The molecule has 10 nitrogen and oxygen atoms in total. The van der Waals surface area contributed by atoms with Gasteiger partial charge in [-0.3, -0.25) is 14.8 Å². The average Bonchev–Trinajstić information content (AvgIpc) is 3.38. The van der Waals surface area contributed by atoms with Gasteiger partial charge in [-0.25, -0.2) is 4.98 Å². The van der Waals surface area contributed by atoms with Gasteiger partial charge in [-0.05, 0) is 29.7 Å². The second kappa shape index (κ2) is 6.54. The van der Waals surface area contributed by atoms with Crippen molar-refractivity contribution in [2.45, 2.75) is 19.0 Å². The number of tetrazole rings is 1. The number of fused-ring (bicyclic) bond motifs is 1. The van der Waals surface area contributed by atoms with Gasteiger partial charge in [0.2, 0.25) is 11.6 Å². The van der Waals surface area contributed by atoms with E-state index in [9.17, 15) is 4.79 Å². The second-order valence-corrected chi connectivity index (χ2v) is 7.08. The van der Waals surface area contributed by atoms with E-state index in [0.29, 0.717) is 17.6 Å². The molecule has 3 aromatic rings. The summed E-state index contributed by atoms with van der Waals surface area (Å²) in [6.45, 7) is 3.62. The number of aromatic nitrogens is 7. The van der Waals surface area contributed by atoms with Crippen LogP contribution in [0.2, 0.25) is 0 Å². The lowest BCUT2D eigenvalue weighted by Crippen LogP contribution is -2.65. The lowest BCUT2D eigenvalue weighted by molar-refractivity contribution is -0.0305. The van der Waals surface area contributed by atoms with Crippen LogP contribution in [0, 0.1) is 5.92 Å². The minimum Gasteiger partial charge on any atom is -0.331 e. The Morgan fingerprint density at radius 1 is 1.22 bits per heavy atom. The van der Waals surface area contributed by atoms with Gasteiger partial charge in [-0.15, -0.1) is 10.2 Å². The van der Waals surface area contributed by atoms with E-state index in [-0.39, 0.29) is 11.9 Å². The number of aromatic amines is 2. The zero-order valence-electron chi connectivity index (χ0n) is 14.6. The molecule has 27 heavy (non-hydrogen) atoms. The summed E-state index contributed by atoms with van der Waals surface area (Å²) in [5, 5.41) is 20.5. The summed E-state index contributed by atoms with van der Waals surface area (Å²) in [5.41, 5.74) is 2.17. The fraction of sp³-hybridized carbons (Fsp3) is 0.412. The lowest BCUT2D eigenvalue weighted by Gasteiger charge is -2.53. The largest absolute Gasteiger partial charge is 0.331 e. The topological polar surface area (TPSA) is 120 Å². The highest BCUT2D eigenvalue weighted by Gasteiger charge is 2.45. The lowest BCUT2D eigenvalue weighted by atomic mass is 9.82. The number of carbonyl (C=O) groups is 1. The van der Waals surface area contributed by atoms with Crippen LogP contribution in [0.15, 0.2) is 30.6 Å². The Bertz CT molecular complexity index is 907. The normalized spacial score (nSPS) is 22.3. The Labute approximate surface area is 155 Å². The molecule has 138 valence electrons. The Kier molecular flexibility index (Phi) is 3.89. The fourth-order valence-corrected chi connectivity index (χ4v) is 3.98. The highest BCUT2D eigenvalue weighted by atomic mass is 16.2. The van der Waals surface area contributed by atoms with Crippen molar-refractivity contribution in [3.63, 3.8) is 0 Å². The van der Waals surface area contributed by atoms with E-state index in [0.717, 1.165) is 38.2 Å². The van der Waals surface area contributed by atoms with Crippen molar-refractivity contribution in [1.29, 1.82) is 0 Å². The smallest absolute Gasteiger partial charge is 0.291 e. The highest BCUT2D eigenvalue weighted by Crippen LogP contribution is 2.33. The third-order valence-corrected chi connectivity index (χ3v) is 5.48. The molecule has 0 spiro atoms. The molecule has 1 aromatic carbocycles. The van der Waals surface area contributed by atoms with Crippen LogP contribution in [0.1, 0.15) is 22.6 Å². The maximum absolute atomic E-state index is 12.5. The molecule has 5 rings (SSSR count). The van der Waals surface area contributed by atoms with Crippen molar-refractivity contribution in [2.75, 3.05) is 19.6 Å². The number of nitrogens with one attached hydrogen (secondary N) is 2. The molecule has 2 fully saturated rings. The summed E-state index contributed by atoms with van der Waals surface area (Å²) >= 11 is 0. The number of likely N-dealkylation sites (tertiary alicyclic amines) is 2. The van der Waals surface area contributed by atoms with E-state index < -0.39 is 0 Å². The van der Waals surface area contributed by atoms with Gasteiger partial charge in [0.1, 0.15) is 6.33 Å². The predicted octanol–water partition coefficient (Wildman–Crippen LogP) is 0.331. The predicted molar refractivity (Wildman–Crippen MR) is 94.2 cm³/mol. The maximum Gasteiger partial charge on any atom is 0.291 e. The third kappa shape index (κ3) is 2.97. The number of amides is 1. The van der Waals surface area contributed by atoms with E-state index in [4.69, 9.17) is 0 Å². The third-order valence-electron chi connectivity index (χ3n) is 5.48. The van der Waals surface area contributed by atoms with Crippen LogP contribution < -0.4 is 0 Å². The highest BCUT2D eigenvalue weighted by molar-refractivity contribution is 5.91. The van der Waals surface area contributed by atoms with Crippen LogP contribution in [-0.4, -0.2) is 77.2 Å². The molecule has 2 aliphatic heterocycles. The molecule has 2 atom stereocenters. The van der Waals surface area contributed by atoms with Crippen LogP contribution in [0.3, 0.4) is 0 Å². The summed E-state index contributed by atoms with van der Waals surface area (Å²) in [7, 11) is 0. The SMILES string of the molecule is O=C(c1ncn[nH]1)N1C[C@@H]2CCN(Cc3ccc(-c4nn[nH]n4)cc3)C[C@@H]21. The molecule has 2 aliphatic rings. The first kappa shape index (κ1) is 16.1. The summed E-state index contributed by atoms with van der Waals surface area (Å²) in [6.07, 6.45) is 2.49. The van der Waals surface area contributed by atoms with Gasteiger partial charge < -0.3 is 4.90 Å². The van der Waals surface area contributed by atoms with Crippen molar-refractivity contribution in [1.82, 2.24) is 45.6 Å². The van der Waals surface area contributed by atoms with Crippen LogP contribution in [0.25, 0.3) is 11.4 Å². The van der Waals surface area contributed by atoms with Crippen molar-refractivity contribution < 1.29 is 4.79 Å². The summed E-state index contributed by atoms with van der Waals surface area (Å²) in [5.74, 6) is 1.45. The molecule has 2 aromatic heterocycles. The first-order valence-corrected chi connectivity index (χ1v) is 8.99. The molecule has 2 N–H and O–H groups in total. The van der Waals surface area contributed by atoms with Crippen molar-refractivity contribution in [3.8, 4) is 11.4 Å². The van der Waals surface area contributed by atoms with E-state index >= 15 is 0 Å². The van der Waals surface area contributed by atoms with E-state index in [1.165, 1.54) is 11.9 Å². The Balaban J connectivity index is 1.23. The number of hydrogen-bond acceptors (Lipinski definition) is 7. The van der Waals surface area contributed by atoms with Crippen LogP contribution in [0.4, 0.5) is 0 Å². The molecule has 0 saturated carbocycles. The van der Waals surface area contributed by atoms with Crippen molar-refractivity contribution in [2.24, 2.45) is 5.92 Å². The average molecular weight is 365 g/mol. The first-order valence-electron chi connectivity index (χ1n) is 8.99. The van der Waals surface area contributed by atoms with Crippen molar-refractivity contribution in [3.05, 3.63) is 42.0 Å². The van der Waals surface area contributed by atoms with Gasteiger partial charge >= 0.3 is 0 Å². The molecular weight excluding hydrogens is 346 g/mol. The molecule has 4 heterocycles. The zero-order valence-corrected chi connectivity index (χ0v) is 14.6. The molecule has 0 radical (unpaired) electrons. The van der Waals surface area contributed by atoms with Gasteiger partial charge in [-0.1, -0.05) is 24.3 Å². The fourth-order valence-electron chi connectivity index (χ4n) is 3.98. The van der Waals surface area contributed by atoms with E-state index in [1.807, 2.05) is 17.0 Å². The Morgan fingerprint density at radius 3 is 2.85 bits per heavy atom. The molecule has 0 aliphatic carbocycles. The summed E-state index contributed by atoms with van der Waals surface area (Å²) < 4.78 is 0. The summed E-state index contributed by atoms with van der Waals surface area (Å²) in [6, 6.07) is 8.47. The maximum atomic E-state index is 12.5. The Hall–Kier alpha value is -3.14. The molecule has 1 amide bonds. The van der Waals surface area contributed by atoms with Gasteiger partial charge in [0.05, 0.1) is 0 Å². The number of nitrogens with zero attached hydrogens (tertiary/aromatic N) is 7. The van der Waals surface area contributed by atoms with Crippen molar-refractivity contribution >= 4 is 5.91 Å². The molecule has 0 bridgehead atoms. The molecule has 10 heteroatoms. The second-order valence-electron chi connectivity index (χ2n) is 7.08. The van der Waals surface area contributed by atoms with Gasteiger partial charge in [0.25, 0.3) is 5.91 Å². The van der Waals surface area contributed by atoms with E-state index in [1.54, 1.807) is 0 Å². The number of benzene rings is 1. The van der Waals surface area contributed by atoms with Crippen LogP contribution >= 0.6 is 0 Å². The Morgan fingerprint density at radius 2 is 2.11 bits per heavy atom. The molecule has 2 saturated heterocycles. The standard InChI is InChI=1S/C17H19N9O/c27-17(16-18-10-19-20-16)26-8-13-5-6-25(9-14(13)26)7-11-1-3-12(4-2-11)15-21-23-24-22-15/h1-4,10,13-14H,5-9H2,(H,18,19,20)(H,21,22,23,24)/t13-,14-/m0/s1. The number of carbonyl (C=O) groups excluding carboxylic acids is 1. The minimum atomic E-state index is -0.0555. The monoisotopic (exact) mass is 365 g/mol. The zero-order chi connectivity index (χ0) is 18.2. The summed E-state index contributed by atoms with van der Waals surface area (Å²) in [4.78, 5) is 20.8. The molecule has 0 unspecified atom stereocenters. The van der Waals surface area contributed by atoms with Crippen LogP contribution in [-0.2, 0) is 6.54 Å². The first-order chi connectivity index (χ1) is 13.3. The number of piperidine rings is 1. The number of rotatable bonds is 4. The number of H-pyrrole nitrogens is 2. The number of hydrogen-bond donors (Lipinski definition) is 2. The van der Waals surface area contributed by atoms with Gasteiger partial charge in [0, 0.05) is 31.2 Å². The van der Waals surface area contributed by atoms with Gasteiger partial charge in [-0.2, -0.15) is 10.3 Å². The minimum absolute atomic E-state index is 0.0555. The van der Waals surface area contributed by atoms with Crippen LogP contribution in [0.5, 0.6) is 0 Å². The van der Waals surface area contributed by atoms with E-state index in [2.05, 4.69) is 52.8 Å². The van der Waals surface area contributed by atoms with Gasteiger partial charge in [0.15, 0.2) is 0 Å². The molecular formula is C17H19N9O.